The molecule has 1 aromatic heterocycles. The van der Waals surface area contributed by atoms with Crippen molar-refractivity contribution in [2.45, 2.75) is 0 Å². The standard InChI is InChI=1S/C22H16ClN3O3/c1-28-19-4-2-3-16(13-19)21(27)24-18-11-7-15(8-12-18)22-25-20(26-29-22)14-5-9-17(23)10-6-14/h2-13H,1H3,(H,24,27). The van der Waals surface area contributed by atoms with Gasteiger partial charge in [0.1, 0.15) is 5.75 Å². The van der Waals surface area contributed by atoms with E-state index in [-0.39, 0.29) is 5.91 Å². The highest BCUT2D eigenvalue weighted by molar-refractivity contribution is 6.30. The van der Waals surface area contributed by atoms with Crippen LogP contribution in [0.15, 0.2) is 77.3 Å². The lowest BCUT2D eigenvalue weighted by atomic mass is 10.1. The summed E-state index contributed by atoms with van der Waals surface area (Å²) in [6.07, 6.45) is 0. The number of halogens is 1. The van der Waals surface area contributed by atoms with Crippen LogP contribution >= 0.6 is 11.6 Å². The number of benzene rings is 3. The maximum atomic E-state index is 12.4. The molecule has 0 aliphatic carbocycles. The van der Waals surface area contributed by atoms with Gasteiger partial charge in [-0.05, 0) is 66.7 Å². The third-order valence-corrected chi connectivity index (χ3v) is 4.50. The number of ether oxygens (including phenoxy) is 1. The second-order valence-electron chi connectivity index (χ2n) is 6.19. The van der Waals surface area contributed by atoms with Gasteiger partial charge in [-0.25, -0.2) is 0 Å². The third-order valence-electron chi connectivity index (χ3n) is 4.25. The molecule has 1 heterocycles. The number of aromatic nitrogens is 2. The average molecular weight is 406 g/mol. The molecule has 29 heavy (non-hydrogen) atoms. The minimum atomic E-state index is -0.223. The normalized spacial score (nSPS) is 10.6. The van der Waals surface area contributed by atoms with E-state index in [0.29, 0.717) is 33.7 Å². The zero-order valence-electron chi connectivity index (χ0n) is 15.4. The lowest BCUT2D eigenvalue weighted by molar-refractivity contribution is 0.102. The van der Waals surface area contributed by atoms with E-state index in [2.05, 4.69) is 15.5 Å². The van der Waals surface area contributed by atoms with Crippen molar-refractivity contribution in [3.8, 4) is 28.6 Å². The van der Waals surface area contributed by atoms with Crippen molar-refractivity contribution in [2.75, 3.05) is 12.4 Å². The number of anilines is 1. The molecule has 144 valence electrons. The van der Waals surface area contributed by atoms with Crippen LogP contribution in [0.1, 0.15) is 10.4 Å². The van der Waals surface area contributed by atoms with Crippen LogP contribution < -0.4 is 10.1 Å². The number of rotatable bonds is 5. The Morgan fingerprint density at radius 1 is 1.00 bits per heavy atom. The number of methoxy groups -OCH3 is 1. The molecule has 0 radical (unpaired) electrons. The summed E-state index contributed by atoms with van der Waals surface area (Å²) in [5, 5.41) is 7.50. The van der Waals surface area contributed by atoms with Gasteiger partial charge in [-0.1, -0.05) is 22.8 Å². The molecule has 7 heteroatoms. The maximum Gasteiger partial charge on any atom is 0.258 e. The summed E-state index contributed by atoms with van der Waals surface area (Å²) in [5.74, 6) is 1.27. The number of nitrogens with zero attached hydrogens (tertiary/aromatic N) is 2. The van der Waals surface area contributed by atoms with Gasteiger partial charge in [0.05, 0.1) is 7.11 Å². The number of amides is 1. The monoisotopic (exact) mass is 405 g/mol. The highest BCUT2D eigenvalue weighted by Gasteiger charge is 2.12. The molecule has 4 aromatic rings. The molecule has 0 aliphatic rings. The number of carbonyl (C=O) groups excluding carboxylic acids is 1. The largest absolute Gasteiger partial charge is 0.497 e. The zero-order chi connectivity index (χ0) is 20.2. The minimum absolute atomic E-state index is 0.223. The summed E-state index contributed by atoms with van der Waals surface area (Å²) in [6.45, 7) is 0. The summed E-state index contributed by atoms with van der Waals surface area (Å²) >= 11 is 5.90. The SMILES string of the molecule is COc1cccc(C(=O)Nc2ccc(-c3nc(-c4ccc(Cl)cc4)no3)cc2)c1. The van der Waals surface area contributed by atoms with Crippen molar-refractivity contribution < 1.29 is 14.1 Å². The first kappa shape index (κ1) is 18.7. The van der Waals surface area contributed by atoms with Gasteiger partial charge in [-0.15, -0.1) is 0 Å². The predicted octanol–water partition coefficient (Wildman–Crippen LogP) is 5.32. The Hall–Kier alpha value is -3.64. The van der Waals surface area contributed by atoms with Crippen LogP contribution in [0.3, 0.4) is 0 Å². The first-order chi connectivity index (χ1) is 14.1. The molecule has 6 nitrogen and oxygen atoms in total. The van der Waals surface area contributed by atoms with Crippen molar-refractivity contribution in [3.63, 3.8) is 0 Å². The number of hydrogen-bond donors (Lipinski definition) is 1. The van der Waals surface area contributed by atoms with Gasteiger partial charge < -0.3 is 14.6 Å². The first-order valence-electron chi connectivity index (χ1n) is 8.78. The molecule has 0 spiro atoms. The molecule has 0 unspecified atom stereocenters. The van der Waals surface area contributed by atoms with Crippen molar-refractivity contribution in [1.82, 2.24) is 10.1 Å². The van der Waals surface area contributed by atoms with Crippen LogP contribution in [0.25, 0.3) is 22.8 Å². The van der Waals surface area contributed by atoms with Gasteiger partial charge in [0.15, 0.2) is 0 Å². The Bertz CT molecular complexity index is 1140. The van der Waals surface area contributed by atoms with Gasteiger partial charge in [0.2, 0.25) is 5.82 Å². The van der Waals surface area contributed by atoms with Crippen LogP contribution in [0.4, 0.5) is 5.69 Å². The number of nitrogens with one attached hydrogen (secondary N) is 1. The maximum absolute atomic E-state index is 12.4. The summed E-state index contributed by atoms with van der Waals surface area (Å²) in [7, 11) is 1.56. The van der Waals surface area contributed by atoms with Gasteiger partial charge in [-0.2, -0.15) is 4.98 Å². The van der Waals surface area contributed by atoms with Crippen molar-refractivity contribution in [2.24, 2.45) is 0 Å². The van der Waals surface area contributed by atoms with Gasteiger partial charge in [0.25, 0.3) is 11.8 Å². The third kappa shape index (κ3) is 4.28. The molecular formula is C22H16ClN3O3. The van der Waals surface area contributed by atoms with Gasteiger partial charge in [-0.3, -0.25) is 4.79 Å². The Balaban J connectivity index is 1.48. The molecule has 0 fully saturated rings. The van der Waals surface area contributed by atoms with E-state index in [1.54, 1.807) is 67.8 Å². The van der Waals surface area contributed by atoms with Crippen LogP contribution in [0, 0.1) is 0 Å². The Morgan fingerprint density at radius 3 is 2.45 bits per heavy atom. The summed E-state index contributed by atoms with van der Waals surface area (Å²) in [4.78, 5) is 16.8. The average Bonchev–Trinajstić information content (AvgIpc) is 3.25. The van der Waals surface area contributed by atoms with Crippen molar-refractivity contribution in [3.05, 3.63) is 83.4 Å². The highest BCUT2D eigenvalue weighted by atomic mass is 35.5. The topological polar surface area (TPSA) is 77.2 Å². The van der Waals surface area contributed by atoms with E-state index >= 15 is 0 Å². The van der Waals surface area contributed by atoms with Crippen LogP contribution in [0.2, 0.25) is 5.02 Å². The van der Waals surface area contributed by atoms with Crippen molar-refractivity contribution >= 4 is 23.2 Å². The molecule has 1 N–H and O–H groups in total. The van der Waals surface area contributed by atoms with E-state index in [1.165, 1.54) is 0 Å². The molecule has 0 saturated carbocycles. The molecule has 0 bridgehead atoms. The highest BCUT2D eigenvalue weighted by Crippen LogP contribution is 2.24. The van der Waals surface area contributed by atoms with E-state index < -0.39 is 0 Å². The lowest BCUT2D eigenvalue weighted by Crippen LogP contribution is -2.11. The van der Waals surface area contributed by atoms with Gasteiger partial charge >= 0.3 is 0 Å². The van der Waals surface area contributed by atoms with Gasteiger partial charge in [0, 0.05) is 27.4 Å². The number of carbonyl (C=O) groups is 1. The fourth-order valence-corrected chi connectivity index (χ4v) is 2.85. The molecule has 0 aliphatic heterocycles. The van der Waals surface area contributed by atoms with Crippen LogP contribution in [-0.2, 0) is 0 Å². The molecule has 0 atom stereocenters. The Morgan fingerprint density at radius 2 is 1.72 bits per heavy atom. The molecule has 0 saturated heterocycles. The second kappa shape index (κ2) is 8.16. The lowest BCUT2D eigenvalue weighted by Gasteiger charge is -2.07. The van der Waals surface area contributed by atoms with E-state index in [0.717, 1.165) is 11.1 Å². The summed E-state index contributed by atoms with van der Waals surface area (Å²) in [5.41, 5.74) is 2.72. The molecule has 4 rings (SSSR count). The Labute approximate surface area is 172 Å². The first-order valence-corrected chi connectivity index (χ1v) is 9.16. The summed E-state index contributed by atoms with van der Waals surface area (Å²) < 4.78 is 10.5. The Kier molecular flexibility index (Phi) is 5.27. The zero-order valence-corrected chi connectivity index (χ0v) is 16.2. The fourth-order valence-electron chi connectivity index (χ4n) is 2.72. The quantitative estimate of drug-likeness (QED) is 0.486. The minimum Gasteiger partial charge on any atom is -0.497 e. The van der Waals surface area contributed by atoms with E-state index in [4.69, 9.17) is 20.9 Å². The second-order valence-corrected chi connectivity index (χ2v) is 6.63. The molecular weight excluding hydrogens is 390 g/mol. The molecule has 1 amide bonds. The van der Waals surface area contributed by atoms with Crippen LogP contribution in [0.5, 0.6) is 5.75 Å². The number of hydrogen-bond acceptors (Lipinski definition) is 5. The smallest absolute Gasteiger partial charge is 0.258 e. The molecule has 3 aromatic carbocycles. The summed E-state index contributed by atoms with van der Waals surface area (Å²) in [6, 6.07) is 21.3. The van der Waals surface area contributed by atoms with Crippen LogP contribution in [-0.4, -0.2) is 23.2 Å². The van der Waals surface area contributed by atoms with E-state index in [1.807, 2.05) is 12.1 Å². The van der Waals surface area contributed by atoms with E-state index in [9.17, 15) is 4.79 Å². The fraction of sp³-hybridized carbons (Fsp3) is 0.0455. The van der Waals surface area contributed by atoms with Crippen molar-refractivity contribution in [1.29, 1.82) is 0 Å². The predicted molar refractivity (Wildman–Crippen MR) is 111 cm³/mol.